The van der Waals surface area contributed by atoms with Crippen molar-refractivity contribution in [3.05, 3.63) is 29.0 Å². The molecule has 0 saturated heterocycles. The lowest BCUT2D eigenvalue weighted by Gasteiger charge is -2.13. The van der Waals surface area contributed by atoms with Gasteiger partial charge in [0, 0.05) is 19.3 Å². The molecule has 0 aromatic heterocycles. The molecular formula is C16H15F3NO5S+. The second-order valence-corrected chi connectivity index (χ2v) is 7.80. The van der Waals surface area contributed by atoms with E-state index in [2.05, 4.69) is 4.18 Å². The number of hydrogen-bond donors (Lipinski definition) is 0. The van der Waals surface area contributed by atoms with Gasteiger partial charge >= 0.3 is 15.6 Å². The van der Waals surface area contributed by atoms with Gasteiger partial charge < -0.3 is 13.7 Å². The highest BCUT2D eigenvalue weighted by Gasteiger charge is 2.50. The first kappa shape index (κ1) is 17.2. The molecule has 0 unspecified atom stereocenters. The Morgan fingerprint density at radius 3 is 2.50 bits per heavy atom. The Morgan fingerprint density at radius 1 is 1.12 bits per heavy atom. The van der Waals surface area contributed by atoms with Crippen LogP contribution in [-0.4, -0.2) is 44.6 Å². The predicted molar refractivity (Wildman–Crippen MR) is 84.5 cm³/mol. The van der Waals surface area contributed by atoms with Crippen LogP contribution in [-0.2, 0) is 20.7 Å². The maximum Gasteiger partial charge on any atom is 0.534 e. The maximum atomic E-state index is 12.8. The molecule has 0 bridgehead atoms. The van der Waals surface area contributed by atoms with Gasteiger partial charge in [0.05, 0.1) is 5.57 Å². The first-order valence-corrected chi connectivity index (χ1v) is 9.32. The lowest BCUT2D eigenvalue weighted by Crippen LogP contribution is -2.25. The van der Waals surface area contributed by atoms with E-state index in [1.165, 1.54) is 0 Å². The Bertz CT molecular complexity index is 963. The number of nitrogens with zero attached hydrogens (tertiary/aromatic N) is 1. The zero-order chi connectivity index (χ0) is 18.7. The van der Waals surface area contributed by atoms with Crippen molar-refractivity contribution in [1.82, 2.24) is 0 Å². The van der Waals surface area contributed by atoms with Crippen LogP contribution in [0.2, 0.25) is 0 Å². The molecule has 1 aromatic carbocycles. The first-order valence-electron chi connectivity index (χ1n) is 7.91. The number of benzene rings is 1. The molecule has 26 heavy (non-hydrogen) atoms. The number of fused-ring (bicyclic) bond motifs is 4. The molecule has 1 aliphatic carbocycles. The Balaban J connectivity index is 1.89. The average molecular weight is 390 g/mol. The number of halogens is 3. The summed E-state index contributed by atoms with van der Waals surface area (Å²) in [6.45, 7) is 0.713. The van der Waals surface area contributed by atoms with Gasteiger partial charge in [0.15, 0.2) is 17.2 Å². The van der Waals surface area contributed by atoms with Gasteiger partial charge in [-0.2, -0.15) is 21.6 Å². The number of alkyl halides is 3. The van der Waals surface area contributed by atoms with Crippen molar-refractivity contribution in [1.29, 1.82) is 0 Å². The maximum absolute atomic E-state index is 12.8. The van der Waals surface area contributed by atoms with E-state index < -0.39 is 15.6 Å². The predicted octanol–water partition coefficient (Wildman–Crippen LogP) is 2.43. The first-order chi connectivity index (χ1) is 12.2. The highest BCUT2D eigenvalue weighted by molar-refractivity contribution is 7.87. The molecule has 0 spiro atoms. The highest BCUT2D eigenvalue weighted by Crippen LogP contribution is 2.43. The van der Waals surface area contributed by atoms with E-state index in [4.69, 9.17) is 9.47 Å². The minimum absolute atomic E-state index is 0.0690. The summed E-state index contributed by atoms with van der Waals surface area (Å²) in [5, 5.41) is 0. The fraction of sp³-hybridized carbons (Fsp3) is 0.438. The number of hydrogen-bond acceptors (Lipinski definition) is 5. The van der Waals surface area contributed by atoms with E-state index in [9.17, 15) is 21.6 Å². The molecule has 0 atom stereocenters. The smallest absolute Gasteiger partial charge is 0.454 e. The second-order valence-electron chi connectivity index (χ2n) is 6.26. The molecule has 6 nitrogen and oxygen atoms in total. The fourth-order valence-electron chi connectivity index (χ4n) is 3.44. The van der Waals surface area contributed by atoms with Crippen molar-refractivity contribution in [3.63, 3.8) is 0 Å². The van der Waals surface area contributed by atoms with E-state index in [1.54, 1.807) is 12.1 Å². The molecule has 0 amide bonds. The third-order valence-electron chi connectivity index (χ3n) is 4.70. The van der Waals surface area contributed by atoms with Gasteiger partial charge in [0.25, 0.3) is 0 Å². The fourth-order valence-corrected chi connectivity index (χ4v) is 3.97. The molecule has 3 aliphatic rings. The van der Waals surface area contributed by atoms with Crippen molar-refractivity contribution in [3.8, 4) is 11.5 Å². The second kappa shape index (κ2) is 5.63. The van der Waals surface area contributed by atoms with E-state index in [1.807, 2.05) is 11.6 Å². The highest BCUT2D eigenvalue weighted by atomic mass is 32.2. The van der Waals surface area contributed by atoms with Crippen LogP contribution in [0.4, 0.5) is 13.2 Å². The molecule has 4 rings (SSSR count). The molecule has 140 valence electrons. The van der Waals surface area contributed by atoms with E-state index in [0.29, 0.717) is 42.0 Å². The van der Waals surface area contributed by atoms with Gasteiger partial charge in [-0.15, -0.1) is 0 Å². The minimum Gasteiger partial charge on any atom is -0.454 e. The van der Waals surface area contributed by atoms with Crippen LogP contribution in [0.25, 0.3) is 5.57 Å². The van der Waals surface area contributed by atoms with Crippen LogP contribution in [0.15, 0.2) is 17.9 Å². The van der Waals surface area contributed by atoms with Gasteiger partial charge in [-0.3, -0.25) is 0 Å². The van der Waals surface area contributed by atoms with Crippen molar-refractivity contribution < 1.29 is 39.8 Å². The molecule has 0 radical (unpaired) electrons. The van der Waals surface area contributed by atoms with Gasteiger partial charge in [-0.25, -0.2) is 4.58 Å². The zero-order valence-corrected chi connectivity index (χ0v) is 14.5. The van der Waals surface area contributed by atoms with Crippen molar-refractivity contribution in [2.45, 2.75) is 24.8 Å². The summed E-state index contributed by atoms with van der Waals surface area (Å²) in [6, 6.07) is 3.47. The minimum atomic E-state index is -5.72. The van der Waals surface area contributed by atoms with Crippen LogP contribution in [0.1, 0.15) is 24.0 Å². The molecule has 0 fully saturated rings. The molecule has 0 N–H and O–H groups in total. The summed E-state index contributed by atoms with van der Waals surface area (Å²) >= 11 is 0. The van der Waals surface area contributed by atoms with Crippen LogP contribution in [0.3, 0.4) is 0 Å². The van der Waals surface area contributed by atoms with Crippen molar-refractivity contribution >= 4 is 21.4 Å². The third-order valence-corrected chi connectivity index (χ3v) is 5.68. The Kier molecular flexibility index (Phi) is 3.73. The molecule has 2 heterocycles. The largest absolute Gasteiger partial charge is 0.534 e. The van der Waals surface area contributed by atoms with E-state index in [-0.39, 0.29) is 19.0 Å². The topological polar surface area (TPSA) is 64.8 Å². The Labute approximate surface area is 147 Å². The molecule has 10 heteroatoms. The molecule has 2 aliphatic heterocycles. The average Bonchev–Trinajstić information content (AvgIpc) is 3.13. The molecule has 0 saturated carbocycles. The number of likely N-dealkylation sites (N-methyl/N-ethyl adjacent to an activating group) is 1. The van der Waals surface area contributed by atoms with Gasteiger partial charge in [-0.1, -0.05) is 0 Å². The summed E-state index contributed by atoms with van der Waals surface area (Å²) in [5.41, 5.74) is -2.85. The monoisotopic (exact) mass is 390 g/mol. The van der Waals surface area contributed by atoms with Crippen LogP contribution in [0, 0.1) is 0 Å². The van der Waals surface area contributed by atoms with Gasteiger partial charge in [0.1, 0.15) is 19.4 Å². The Hall–Kier alpha value is -2.23. The van der Waals surface area contributed by atoms with Crippen LogP contribution < -0.4 is 9.47 Å². The van der Waals surface area contributed by atoms with Crippen molar-refractivity contribution in [2.24, 2.45) is 0 Å². The van der Waals surface area contributed by atoms with Gasteiger partial charge in [0.2, 0.25) is 6.79 Å². The SMILES string of the molecule is C[N+]1=C2CCC(OS(=O)(=O)C(F)(F)F)=C2c2cc3c(cc2CC1)OCO3. The molecular weight excluding hydrogens is 375 g/mol. The summed E-state index contributed by atoms with van der Waals surface area (Å²) in [7, 11) is -3.90. The number of rotatable bonds is 2. The summed E-state index contributed by atoms with van der Waals surface area (Å²) < 4.78 is 78.4. The van der Waals surface area contributed by atoms with Crippen LogP contribution in [0.5, 0.6) is 11.5 Å². The number of allylic oxidation sites excluding steroid dienone is 2. The summed E-state index contributed by atoms with van der Waals surface area (Å²) in [4.78, 5) is 0. The quantitative estimate of drug-likeness (QED) is 0.441. The number of ether oxygens (including phenoxy) is 2. The summed E-state index contributed by atoms with van der Waals surface area (Å²) in [6.07, 6.45) is 1.12. The lowest BCUT2D eigenvalue weighted by molar-refractivity contribution is -0.496. The van der Waals surface area contributed by atoms with Gasteiger partial charge in [-0.05, 0) is 23.3 Å². The lowest BCUT2D eigenvalue weighted by atomic mass is 9.96. The summed E-state index contributed by atoms with van der Waals surface area (Å²) in [5.74, 6) is 0.857. The zero-order valence-electron chi connectivity index (χ0n) is 13.7. The normalized spacial score (nSPS) is 19.4. The Morgan fingerprint density at radius 2 is 1.81 bits per heavy atom. The third kappa shape index (κ3) is 2.63. The van der Waals surface area contributed by atoms with E-state index >= 15 is 0 Å². The van der Waals surface area contributed by atoms with Crippen molar-refractivity contribution in [2.75, 3.05) is 20.4 Å². The van der Waals surface area contributed by atoms with Crippen LogP contribution >= 0.6 is 0 Å². The standard InChI is InChI=1S/C16H15F3NO5S/c1-20-5-4-9-6-13-14(24-8-23-13)7-10(9)15-11(20)2-3-12(15)25-26(21,22)16(17,18)19/h6-7H,2-5,8H2,1H3/q+1. The molecule has 1 aromatic rings. The van der Waals surface area contributed by atoms with E-state index in [0.717, 1.165) is 11.3 Å².